The summed E-state index contributed by atoms with van der Waals surface area (Å²) in [5, 5.41) is 3.32. The van der Waals surface area contributed by atoms with Gasteiger partial charge in [0.15, 0.2) is 0 Å². The molecule has 118 valence electrons. The van der Waals surface area contributed by atoms with Crippen molar-refractivity contribution in [3.8, 4) is 5.75 Å². The Hall–Kier alpha value is -1.07. The Bertz CT molecular complexity index is 500. The molecule has 1 N–H and O–H groups in total. The Morgan fingerprint density at radius 2 is 2.05 bits per heavy atom. The standard InChI is InChI=1S/C15H22ClNO3S/c1-6-21-13-10(7-11(16)8-12(13)19-5)9-17-14(18)20-15(2,3)4/h7-8H,6,9H2,1-5H3,(H,17,18). The molecule has 0 spiro atoms. The number of amides is 1. The van der Waals surface area contributed by atoms with Gasteiger partial charge in [0.2, 0.25) is 0 Å². The van der Waals surface area contributed by atoms with Crippen LogP contribution in [0.1, 0.15) is 33.3 Å². The second kappa shape index (κ2) is 7.80. The summed E-state index contributed by atoms with van der Waals surface area (Å²) >= 11 is 7.74. The van der Waals surface area contributed by atoms with Crippen LogP contribution in [0.5, 0.6) is 5.75 Å². The number of benzene rings is 1. The van der Waals surface area contributed by atoms with Gasteiger partial charge in [-0.2, -0.15) is 0 Å². The van der Waals surface area contributed by atoms with E-state index in [2.05, 4.69) is 12.2 Å². The molecule has 0 aliphatic carbocycles. The highest BCUT2D eigenvalue weighted by Crippen LogP contribution is 2.35. The number of thioether (sulfide) groups is 1. The molecule has 0 atom stereocenters. The van der Waals surface area contributed by atoms with Crippen molar-refractivity contribution in [3.63, 3.8) is 0 Å². The van der Waals surface area contributed by atoms with Gasteiger partial charge in [0.25, 0.3) is 0 Å². The quantitative estimate of drug-likeness (QED) is 0.808. The molecular formula is C15H22ClNO3S. The van der Waals surface area contributed by atoms with Crippen LogP contribution in [0, 0.1) is 0 Å². The maximum absolute atomic E-state index is 11.7. The zero-order chi connectivity index (χ0) is 16.0. The van der Waals surface area contributed by atoms with Crippen LogP contribution in [0.2, 0.25) is 5.02 Å². The van der Waals surface area contributed by atoms with E-state index in [9.17, 15) is 4.79 Å². The molecule has 0 saturated heterocycles. The highest BCUT2D eigenvalue weighted by molar-refractivity contribution is 7.99. The topological polar surface area (TPSA) is 47.6 Å². The Kier molecular flexibility index (Phi) is 6.68. The molecule has 1 aromatic carbocycles. The molecule has 1 aromatic rings. The second-order valence-corrected chi connectivity index (χ2v) is 7.10. The minimum Gasteiger partial charge on any atom is -0.496 e. The van der Waals surface area contributed by atoms with E-state index in [1.165, 1.54) is 0 Å². The average molecular weight is 332 g/mol. The first-order chi connectivity index (χ1) is 9.76. The van der Waals surface area contributed by atoms with Crippen molar-refractivity contribution in [1.82, 2.24) is 5.32 Å². The van der Waals surface area contributed by atoms with E-state index in [-0.39, 0.29) is 0 Å². The number of nitrogens with one attached hydrogen (secondary N) is 1. The number of carbonyl (C=O) groups is 1. The summed E-state index contributed by atoms with van der Waals surface area (Å²) in [6, 6.07) is 3.61. The zero-order valence-corrected chi connectivity index (χ0v) is 14.7. The number of halogens is 1. The van der Waals surface area contributed by atoms with Gasteiger partial charge in [-0.1, -0.05) is 18.5 Å². The predicted octanol–water partition coefficient (Wildman–Crippen LogP) is 4.49. The van der Waals surface area contributed by atoms with Crippen molar-refractivity contribution in [2.45, 2.75) is 44.7 Å². The normalized spacial score (nSPS) is 11.1. The highest BCUT2D eigenvalue weighted by Gasteiger charge is 2.17. The summed E-state index contributed by atoms with van der Waals surface area (Å²) in [5.41, 5.74) is 0.397. The van der Waals surface area contributed by atoms with Crippen LogP contribution in [-0.2, 0) is 11.3 Å². The molecule has 0 radical (unpaired) electrons. The van der Waals surface area contributed by atoms with Crippen molar-refractivity contribution >= 4 is 29.5 Å². The van der Waals surface area contributed by atoms with Gasteiger partial charge >= 0.3 is 6.09 Å². The minimum absolute atomic E-state index is 0.341. The number of carbonyl (C=O) groups excluding carboxylic acids is 1. The van der Waals surface area contributed by atoms with Crippen molar-refractivity contribution in [2.24, 2.45) is 0 Å². The number of hydrogen-bond acceptors (Lipinski definition) is 4. The Balaban J connectivity index is 2.86. The van der Waals surface area contributed by atoms with Crippen LogP contribution < -0.4 is 10.1 Å². The smallest absolute Gasteiger partial charge is 0.407 e. The fraction of sp³-hybridized carbons (Fsp3) is 0.533. The number of methoxy groups -OCH3 is 1. The van der Waals surface area contributed by atoms with Gasteiger partial charge in [0, 0.05) is 11.6 Å². The molecule has 1 amide bonds. The van der Waals surface area contributed by atoms with Crippen LogP contribution >= 0.6 is 23.4 Å². The Labute approximate surface area is 135 Å². The first-order valence-electron chi connectivity index (χ1n) is 6.73. The maximum atomic E-state index is 11.7. The van der Waals surface area contributed by atoms with Gasteiger partial charge in [-0.3, -0.25) is 0 Å². The van der Waals surface area contributed by atoms with E-state index in [1.807, 2.05) is 26.8 Å². The molecule has 0 unspecified atom stereocenters. The van der Waals surface area contributed by atoms with E-state index in [0.29, 0.717) is 11.6 Å². The lowest BCUT2D eigenvalue weighted by Crippen LogP contribution is -2.32. The fourth-order valence-electron chi connectivity index (χ4n) is 1.70. The largest absolute Gasteiger partial charge is 0.496 e. The third-order valence-corrected chi connectivity index (χ3v) is 3.69. The second-order valence-electron chi connectivity index (χ2n) is 5.38. The maximum Gasteiger partial charge on any atom is 0.407 e. The molecule has 6 heteroatoms. The SMILES string of the molecule is CCSc1c(CNC(=O)OC(C)(C)C)cc(Cl)cc1OC. The molecule has 1 rings (SSSR count). The van der Waals surface area contributed by atoms with Crippen molar-refractivity contribution in [2.75, 3.05) is 12.9 Å². The summed E-state index contributed by atoms with van der Waals surface area (Å²) in [7, 11) is 1.61. The Morgan fingerprint density at radius 1 is 1.38 bits per heavy atom. The third-order valence-electron chi connectivity index (χ3n) is 2.43. The number of hydrogen-bond donors (Lipinski definition) is 1. The zero-order valence-electron chi connectivity index (χ0n) is 13.1. The third kappa shape index (κ3) is 6.06. The fourth-order valence-corrected chi connectivity index (χ4v) is 2.82. The molecule has 0 aromatic heterocycles. The lowest BCUT2D eigenvalue weighted by atomic mass is 10.2. The lowest BCUT2D eigenvalue weighted by Gasteiger charge is -2.20. The number of rotatable bonds is 5. The van der Waals surface area contributed by atoms with Crippen molar-refractivity contribution in [1.29, 1.82) is 0 Å². The van der Waals surface area contributed by atoms with E-state index in [4.69, 9.17) is 21.1 Å². The van der Waals surface area contributed by atoms with E-state index in [1.54, 1.807) is 24.9 Å². The van der Waals surface area contributed by atoms with Gasteiger partial charge in [-0.05, 0) is 44.2 Å². The first kappa shape index (κ1) is 18.0. The number of ether oxygens (including phenoxy) is 2. The van der Waals surface area contributed by atoms with Crippen LogP contribution in [0.25, 0.3) is 0 Å². The van der Waals surface area contributed by atoms with E-state index >= 15 is 0 Å². The molecule has 0 saturated carbocycles. The molecule has 0 aliphatic rings. The molecular weight excluding hydrogens is 310 g/mol. The highest BCUT2D eigenvalue weighted by atomic mass is 35.5. The molecule has 0 aliphatic heterocycles. The molecule has 0 bridgehead atoms. The van der Waals surface area contributed by atoms with E-state index in [0.717, 1.165) is 22.0 Å². The summed E-state index contributed by atoms with van der Waals surface area (Å²) in [5.74, 6) is 1.62. The lowest BCUT2D eigenvalue weighted by molar-refractivity contribution is 0.0523. The summed E-state index contributed by atoms with van der Waals surface area (Å²) in [6.45, 7) is 7.88. The summed E-state index contributed by atoms with van der Waals surface area (Å²) in [6.07, 6.45) is -0.450. The first-order valence-corrected chi connectivity index (χ1v) is 8.09. The van der Waals surface area contributed by atoms with Gasteiger partial charge in [0.05, 0.1) is 12.0 Å². The monoisotopic (exact) mass is 331 g/mol. The Morgan fingerprint density at radius 3 is 2.57 bits per heavy atom. The molecule has 0 fully saturated rings. The average Bonchev–Trinajstić information content (AvgIpc) is 2.36. The van der Waals surface area contributed by atoms with Crippen molar-refractivity contribution < 1.29 is 14.3 Å². The molecule has 21 heavy (non-hydrogen) atoms. The van der Waals surface area contributed by atoms with Gasteiger partial charge in [0.1, 0.15) is 11.4 Å². The van der Waals surface area contributed by atoms with Crippen LogP contribution in [-0.4, -0.2) is 24.6 Å². The van der Waals surface area contributed by atoms with Crippen LogP contribution in [0.3, 0.4) is 0 Å². The van der Waals surface area contributed by atoms with Crippen molar-refractivity contribution in [3.05, 3.63) is 22.7 Å². The van der Waals surface area contributed by atoms with Gasteiger partial charge in [-0.15, -0.1) is 11.8 Å². The molecule has 4 nitrogen and oxygen atoms in total. The minimum atomic E-state index is -0.517. The van der Waals surface area contributed by atoms with Crippen LogP contribution in [0.15, 0.2) is 17.0 Å². The molecule has 0 heterocycles. The summed E-state index contributed by atoms with van der Waals surface area (Å²) in [4.78, 5) is 12.7. The summed E-state index contributed by atoms with van der Waals surface area (Å²) < 4.78 is 10.6. The predicted molar refractivity (Wildman–Crippen MR) is 87.5 cm³/mol. The van der Waals surface area contributed by atoms with Crippen LogP contribution in [0.4, 0.5) is 4.79 Å². The number of alkyl carbamates (subject to hydrolysis) is 1. The van der Waals surface area contributed by atoms with E-state index < -0.39 is 11.7 Å². The van der Waals surface area contributed by atoms with Gasteiger partial charge < -0.3 is 14.8 Å². The van der Waals surface area contributed by atoms with Gasteiger partial charge in [-0.25, -0.2) is 4.79 Å².